The van der Waals surface area contributed by atoms with Crippen LogP contribution in [0.1, 0.15) is 31.7 Å². The van der Waals surface area contributed by atoms with Gasteiger partial charge in [0.05, 0.1) is 7.11 Å². The SMILES string of the molecule is COc1ccc(C(CN)CC(C)C)cc1. The van der Waals surface area contributed by atoms with Crippen molar-refractivity contribution in [3.63, 3.8) is 0 Å². The summed E-state index contributed by atoms with van der Waals surface area (Å²) in [6.45, 7) is 5.17. The second-order valence-electron chi connectivity index (χ2n) is 4.34. The van der Waals surface area contributed by atoms with Gasteiger partial charge in [-0.1, -0.05) is 26.0 Å². The van der Waals surface area contributed by atoms with Crippen molar-refractivity contribution >= 4 is 0 Å². The van der Waals surface area contributed by atoms with E-state index in [1.807, 2.05) is 12.1 Å². The standard InChI is InChI=1S/C13H21NO/c1-10(2)8-12(9-14)11-4-6-13(15-3)7-5-11/h4-7,10,12H,8-9,14H2,1-3H3. The van der Waals surface area contributed by atoms with Crippen LogP contribution in [0.4, 0.5) is 0 Å². The molecular formula is C13H21NO. The summed E-state index contributed by atoms with van der Waals surface area (Å²) in [7, 11) is 1.68. The lowest BCUT2D eigenvalue weighted by Gasteiger charge is -2.17. The summed E-state index contributed by atoms with van der Waals surface area (Å²) in [4.78, 5) is 0. The Bertz CT molecular complexity index is 279. The first-order valence-electron chi connectivity index (χ1n) is 5.51. The van der Waals surface area contributed by atoms with E-state index in [1.54, 1.807) is 7.11 Å². The van der Waals surface area contributed by atoms with Gasteiger partial charge >= 0.3 is 0 Å². The molecule has 0 bridgehead atoms. The fourth-order valence-corrected chi connectivity index (χ4v) is 1.81. The second kappa shape index (κ2) is 5.76. The number of hydrogen-bond donors (Lipinski definition) is 1. The van der Waals surface area contributed by atoms with Gasteiger partial charge in [0.1, 0.15) is 5.75 Å². The summed E-state index contributed by atoms with van der Waals surface area (Å²) in [5.41, 5.74) is 7.10. The zero-order valence-corrected chi connectivity index (χ0v) is 9.86. The van der Waals surface area contributed by atoms with Crippen molar-refractivity contribution in [2.45, 2.75) is 26.2 Å². The molecule has 0 heterocycles. The summed E-state index contributed by atoms with van der Waals surface area (Å²) in [5.74, 6) is 2.05. The quantitative estimate of drug-likeness (QED) is 0.805. The van der Waals surface area contributed by atoms with Gasteiger partial charge in [-0.15, -0.1) is 0 Å². The summed E-state index contributed by atoms with van der Waals surface area (Å²) in [6.07, 6.45) is 1.14. The Balaban J connectivity index is 2.74. The molecule has 0 amide bonds. The maximum Gasteiger partial charge on any atom is 0.118 e. The highest BCUT2D eigenvalue weighted by Crippen LogP contribution is 2.24. The molecule has 0 radical (unpaired) electrons. The van der Waals surface area contributed by atoms with Crippen LogP contribution < -0.4 is 10.5 Å². The monoisotopic (exact) mass is 207 g/mol. The number of hydrogen-bond acceptors (Lipinski definition) is 2. The molecule has 15 heavy (non-hydrogen) atoms. The summed E-state index contributed by atoms with van der Waals surface area (Å²) < 4.78 is 5.13. The second-order valence-corrected chi connectivity index (χ2v) is 4.34. The van der Waals surface area contributed by atoms with Crippen molar-refractivity contribution in [3.05, 3.63) is 29.8 Å². The van der Waals surface area contributed by atoms with Gasteiger partial charge < -0.3 is 10.5 Å². The number of nitrogens with two attached hydrogens (primary N) is 1. The minimum atomic E-state index is 0.468. The van der Waals surface area contributed by atoms with Crippen LogP contribution in [0.25, 0.3) is 0 Å². The van der Waals surface area contributed by atoms with Gasteiger partial charge in [0, 0.05) is 0 Å². The molecule has 84 valence electrons. The number of benzene rings is 1. The van der Waals surface area contributed by atoms with E-state index < -0.39 is 0 Å². The summed E-state index contributed by atoms with van der Waals surface area (Å²) in [5, 5.41) is 0. The van der Waals surface area contributed by atoms with E-state index in [0.29, 0.717) is 18.4 Å². The number of ether oxygens (including phenoxy) is 1. The molecule has 0 aromatic heterocycles. The average Bonchev–Trinajstić information content (AvgIpc) is 2.26. The maximum atomic E-state index is 5.79. The molecule has 0 fully saturated rings. The molecule has 1 aromatic rings. The van der Waals surface area contributed by atoms with Crippen molar-refractivity contribution in [2.24, 2.45) is 11.7 Å². The van der Waals surface area contributed by atoms with Crippen LogP contribution in [0.5, 0.6) is 5.75 Å². The van der Waals surface area contributed by atoms with Gasteiger partial charge in [-0.25, -0.2) is 0 Å². The molecule has 2 nitrogen and oxygen atoms in total. The molecule has 0 aliphatic rings. The van der Waals surface area contributed by atoms with Gasteiger partial charge in [0.25, 0.3) is 0 Å². The minimum Gasteiger partial charge on any atom is -0.497 e. The highest BCUT2D eigenvalue weighted by molar-refractivity contribution is 5.29. The van der Waals surface area contributed by atoms with Crippen molar-refractivity contribution in [1.29, 1.82) is 0 Å². The predicted molar refractivity (Wildman–Crippen MR) is 64.2 cm³/mol. The van der Waals surface area contributed by atoms with Crippen LogP contribution in [0.3, 0.4) is 0 Å². The smallest absolute Gasteiger partial charge is 0.118 e. The third-order valence-corrected chi connectivity index (χ3v) is 2.63. The number of methoxy groups -OCH3 is 1. The molecular weight excluding hydrogens is 186 g/mol. The van der Waals surface area contributed by atoms with Crippen molar-refractivity contribution < 1.29 is 4.74 Å². The first-order chi connectivity index (χ1) is 7.17. The largest absolute Gasteiger partial charge is 0.497 e. The Kier molecular flexibility index (Phi) is 4.63. The van der Waals surface area contributed by atoms with Crippen LogP contribution in [0.2, 0.25) is 0 Å². The third-order valence-electron chi connectivity index (χ3n) is 2.63. The van der Waals surface area contributed by atoms with Gasteiger partial charge in [-0.05, 0) is 42.5 Å². The molecule has 2 heteroatoms. The van der Waals surface area contributed by atoms with E-state index in [1.165, 1.54) is 5.56 Å². The van der Waals surface area contributed by atoms with Crippen LogP contribution >= 0.6 is 0 Å². The lowest BCUT2D eigenvalue weighted by molar-refractivity contribution is 0.414. The first kappa shape index (κ1) is 12.1. The molecule has 1 rings (SSSR count). The van der Waals surface area contributed by atoms with E-state index in [-0.39, 0.29) is 0 Å². The fraction of sp³-hybridized carbons (Fsp3) is 0.538. The highest BCUT2D eigenvalue weighted by atomic mass is 16.5. The molecule has 0 spiro atoms. The average molecular weight is 207 g/mol. The number of rotatable bonds is 5. The van der Waals surface area contributed by atoms with E-state index in [2.05, 4.69) is 26.0 Å². The Labute approximate surface area is 92.4 Å². The first-order valence-corrected chi connectivity index (χ1v) is 5.51. The van der Waals surface area contributed by atoms with E-state index in [4.69, 9.17) is 10.5 Å². The predicted octanol–water partition coefficient (Wildman–Crippen LogP) is 2.78. The van der Waals surface area contributed by atoms with Crippen LogP contribution in [0, 0.1) is 5.92 Å². The van der Waals surface area contributed by atoms with Crippen molar-refractivity contribution in [3.8, 4) is 5.75 Å². The molecule has 0 aliphatic carbocycles. The van der Waals surface area contributed by atoms with Crippen molar-refractivity contribution in [2.75, 3.05) is 13.7 Å². The molecule has 0 saturated heterocycles. The van der Waals surface area contributed by atoms with Gasteiger partial charge in [0.2, 0.25) is 0 Å². The lowest BCUT2D eigenvalue weighted by atomic mass is 9.90. The summed E-state index contributed by atoms with van der Waals surface area (Å²) in [6, 6.07) is 8.22. The van der Waals surface area contributed by atoms with Gasteiger partial charge in [-0.2, -0.15) is 0 Å². The van der Waals surface area contributed by atoms with Crippen molar-refractivity contribution in [1.82, 2.24) is 0 Å². The minimum absolute atomic E-state index is 0.468. The maximum absolute atomic E-state index is 5.79. The van der Waals surface area contributed by atoms with Crippen LogP contribution in [0.15, 0.2) is 24.3 Å². The topological polar surface area (TPSA) is 35.2 Å². The molecule has 0 aliphatic heterocycles. The van der Waals surface area contributed by atoms with Gasteiger partial charge in [-0.3, -0.25) is 0 Å². The third kappa shape index (κ3) is 3.56. The summed E-state index contributed by atoms with van der Waals surface area (Å²) >= 11 is 0. The molecule has 1 atom stereocenters. The van der Waals surface area contributed by atoms with E-state index in [9.17, 15) is 0 Å². The Morgan fingerprint density at radius 1 is 1.20 bits per heavy atom. The van der Waals surface area contributed by atoms with E-state index >= 15 is 0 Å². The Hall–Kier alpha value is -1.02. The molecule has 2 N–H and O–H groups in total. The highest BCUT2D eigenvalue weighted by Gasteiger charge is 2.11. The van der Waals surface area contributed by atoms with Crippen LogP contribution in [-0.4, -0.2) is 13.7 Å². The fourth-order valence-electron chi connectivity index (χ4n) is 1.81. The van der Waals surface area contributed by atoms with Gasteiger partial charge in [0.15, 0.2) is 0 Å². The zero-order chi connectivity index (χ0) is 11.3. The van der Waals surface area contributed by atoms with Crippen LogP contribution in [-0.2, 0) is 0 Å². The Morgan fingerprint density at radius 2 is 1.80 bits per heavy atom. The van der Waals surface area contributed by atoms with E-state index in [0.717, 1.165) is 12.2 Å². The molecule has 1 unspecified atom stereocenters. The zero-order valence-electron chi connectivity index (χ0n) is 9.86. The molecule has 0 saturated carbocycles. The molecule has 1 aromatic carbocycles. The Morgan fingerprint density at radius 3 is 2.20 bits per heavy atom. The normalized spacial score (nSPS) is 12.9. The lowest BCUT2D eigenvalue weighted by Crippen LogP contribution is -2.14.